The maximum absolute atomic E-state index is 6.28. The number of rotatable bonds is 3. The van der Waals surface area contributed by atoms with Gasteiger partial charge in [-0.25, -0.2) is 4.98 Å². The van der Waals surface area contributed by atoms with Gasteiger partial charge in [0.1, 0.15) is 0 Å². The zero-order valence-corrected chi connectivity index (χ0v) is 11.0. The summed E-state index contributed by atoms with van der Waals surface area (Å²) < 4.78 is 2.11. The highest BCUT2D eigenvalue weighted by atomic mass is 15.1. The Morgan fingerprint density at radius 2 is 1.84 bits per heavy atom. The Morgan fingerprint density at radius 3 is 2.63 bits per heavy atom. The summed E-state index contributed by atoms with van der Waals surface area (Å²) in [6, 6.07) is 16.5. The monoisotopic (exact) mass is 251 g/mol. The Labute approximate surface area is 112 Å². The molecule has 0 spiro atoms. The Morgan fingerprint density at radius 1 is 1.11 bits per heavy atom. The van der Waals surface area contributed by atoms with E-state index in [9.17, 15) is 0 Å². The molecule has 0 fully saturated rings. The van der Waals surface area contributed by atoms with Gasteiger partial charge in [0.15, 0.2) is 0 Å². The average molecular weight is 251 g/mol. The van der Waals surface area contributed by atoms with E-state index in [4.69, 9.17) is 5.73 Å². The number of nitrogens with two attached hydrogens (primary N) is 1. The van der Waals surface area contributed by atoms with Crippen LogP contribution in [0.2, 0.25) is 0 Å². The molecule has 1 atom stereocenters. The summed E-state index contributed by atoms with van der Waals surface area (Å²) in [4.78, 5) is 4.39. The largest absolute Gasteiger partial charge is 0.329 e. The molecule has 1 heterocycles. The molecule has 3 aromatic rings. The van der Waals surface area contributed by atoms with Crippen LogP contribution in [0.25, 0.3) is 11.0 Å². The van der Waals surface area contributed by atoms with Crippen LogP contribution in [0.5, 0.6) is 0 Å². The highest BCUT2D eigenvalue weighted by molar-refractivity contribution is 5.74. The number of benzene rings is 2. The number of aromatic nitrogens is 2. The average Bonchev–Trinajstić information content (AvgIpc) is 2.83. The minimum atomic E-state index is -0.0155. The molecule has 0 aliphatic carbocycles. The van der Waals surface area contributed by atoms with Gasteiger partial charge in [-0.05, 0) is 24.6 Å². The summed E-state index contributed by atoms with van der Waals surface area (Å²) in [5.41, 5.74) is 10.8. The maximum atomic E-state index is 6.28. The van der Waals surface area contributed by atoms with Crippen LogP contribution in [0.3, 0.4) is 0 Å². The van der Waals surface area contributed by atoms with E-state index >= 15 is 0 Å². The molecule has 1 unspecified atom stereocenters. The fraction of sp³-hybridized carbons (Fsp3) is 0.188. The van der Waals surface area contributed by atoms with Crippen molar-refractivity contribution in [1.29, 1.82) is 0 Å². The van der Waals surface area contributed by atoms with Gasteiger partial charge in [0.05, 0.1) is 17.4 Å². The van der Waals surface area contributed by atoms with Crippen molar-refractivity contribution in [2.45, 2.75) is 19.5 Å². The van der Waals surface area contributed by atoms with Crippen molar-refractivity contribution in [3.63, 3.8) is 0 Å². The van der Waals surface area contributed by atoms with E-state index < -0.39 is 0 Å². The molecular weight excluding hydrogens is 234 g/mol. The fourth-order valence-electron chi connectivity index (χ4n) is 2.29. The van der Waals surface area contributed by atoms with Crippen molar-refractivity contribution in [1.82, 2.24) is 9.55 Å². The van der Waals surface area contributed by atoms with Gasteiger partial charge in [0, 0.05) is 12.6 Å². The summed E-state index contributed by atoms with van der Waals surface area (Å²) in [5, 5.41) is 0. The lowest BCUT2D eigenvalue weighted by atomic mass is 10.1. The molecular formula is C16H17N3. The molecule has 0 saturated carbocycles. The molecule has 3 heteroatoms. The second-order valence-corrected chi connectivity index (χ2v) is 4.90. The first kappa shape index (κ1) is 11.9. The maximum Gasteiger partial charge on any atom is 0.0958 e. The molecule has 0 radical (unpaired) electrons. The van der Waals surface area contributed by atoms with Gasteiger partial charge in [-0.2, -0.15) is 0 Å². The topological polar surface area (TPSA) is 43.8 Å². The zero-order valence-electron chi connectivity index (χ0n) is 11.0. The van der Waals surface area contributed by atoms with Crippen molar-refractivity contribution < 1.29 is 0 Å². The van der Waals surface area contributed by atoms with Gasteiger partial charge in [0.2, 0.25) is 0 Å². The number of para-hydroxylation sites is 2. The van der Waals surface area contributed by atoms with Crippen molar-refractivity contribution in [2.24, 2.45) is 5.73 Å². The minimum Gasteiger partial charge on any atom is -0.329 e. The first-order chi connectivity index (χ1) is 9.24. The van der Waals surface area contributed by atoms with E-state index in [1.807, 2.05) is 24.5 Å². The molecule has 3 rings (SSSR count). The third kappa shape index (κ3) is 2.37. The van der Waals surface area contributed by atoms with Crippen LogP contribution in [0, 0.1) is 6.92 Å². The van der Waals surface area contributed by atoms with E-state index in [0.717, 1.165) is 23.1 Å². The normalized spacial score (nSPS) is 12.7. The van der Waals surface area contributed by atoms with E-state index in [1.165, 1.54) is 5.56 Å². The van der Waals surface area contributed by atoms with Gasteiger partial charge in [0.25, 0.3) is 0 Å². The van der Waals surface area contributed by atoms with Crippen molar-refractivity contribution in [3.05, 3.63) is 66.0 Å². The smallest absolute Gasteiger partial charge is 0.0958 e. The second kappa shape index (κ2) is 4.86. The van der Waals surface area contributed by atoms with Crippen LogP contribution in [-0.2, 0) is 6.54 Å². The SMILES string of the molecule is Cc1ccc(C(N)Cn2cnc3ccccc32)cc1. The molecule has 19 heavy (non-hydrogen) atoms. The molecule has 1 aromatic heterocycles. The predicted octanol–water partition coefficient (Wildman–Crippen LogP) is 3.04. The molecule has 2 aromatic carbocycles. The fourth-order valence-corrected chi connectivity index (χ4v) is 2.29. The van der Waals surface area contributed by atoms with E-state index in [-0.39, 0.29) is 6.04 Å². The molecule has 0 amide bonds. The van der Waals surface area contributed by atoms with Gasteiger partial charge in [-0.15, -0.1) is 0 Å². The van der Waals surface area contributed by atoms with Crippen LogP contribution in [0.4, 0.5) is 0 Å². The predicted molar refractivity (Wildman–Crippen MR) is 77.8 cm³/mol. The van der Waals surface area contributed by atoms with Crippen LogP contribution in [-0.4, -0.2) is 9.55 Å². The number of hydrogen-bond donors (Lipinski definition) is 1. The summed E-state index contributed by atoms with van der Waals surface area (Å²) in [6.07, 6.45) is 1.86. The van der Waals surface area contributed by atoms with E-state index in [2.05, 4.69) is 46.8 Å². The summed E-state index contributed by atoms with van der Waals surface area (Å²) in [5.74, 6) is 0. The Bertz CT molecular complexity index is 683. The van der Waals surface area contributed by atoms with Gasteiger partial charge >= 0.3 is 0 Å². The van der Waals surface area contributed by atoms with Crippen molar-refractivity contribution >= 4 is 11.0 Å². The quantitative estimate of drug-likeness (QED) is 0.777. The molecule has 0 aliphatic rings. The standard InChI is InChI=1S/C16H17N3/c1-12-6-8-13(9-7-12)14(17)10-19-11-18-15-4-2-3-5-16(15)19/h2-9,11,14H,10,17H2,1H3. The van der Waals surface area contributed by atoms with Crippen molar-refractivity contribution in [2.75, 3.05) is 0 Å². The number of nitrogens with zero attached hydrogens (tertiary/aromatic N) is 2. The van der Waals surface area contributed by atoms with Gasteiger partial charge < -0.3 is 10.3 Å². The Balaban J connectivity index is 1.86. The van der Waals surface area contributed by atoms with Crippen LogP contribution in [0.15, 0.2) is 54.9 Å². The molecule has 3 nitrogen and oxygen atoms in total. The molecule has 0 bridgehead atoms. The molecule has 2 N–H and O–H groups in total. The zero-order chi connectivity index (χ0) is 13.2. The summed E-state index contributed by atoms with van der Waals surface area (Å²) in [7, 11) is 0. The number of aryl methyl sites for hydroxylation is 1. The number of imidazole rings is 1. The van der Waals surface area contributed by atoms with E-state index in [0.29, 0.717) is 0 Å². The summed E-state index contributed by atoms with van der Waals surface area (Å²) >= 11 is 0. The Hall–Kier alpha value is -2.13. The molecule has 96 valence electrons. The van der Waals surface area contributed by atoms with Crippen LogP contribution in [0.1, 0.15) is 17.2 Å². The molecule has 0 aliphatic heterocycles. The first-order valence-corrected chi connectivity index (χ1v) is 6.46. The highest BCUT2D eigenvalue weighted by Gasteiger charge is 2.09. The lowest BCUT2D eigenvalue weighted by molar-refractivity contribution is 0.588. The Kier molecular flexibility index (Phi) is 3.05. The number of hydrogen-bond acceptors (Lipinski definition) is 2. The first-order valence-electron chi connectivity index (χ1n) is 6.46. The van der Waals surface area contributed by atoms with Gasteiger partial charge in [-0.3, -0.25) is 0 Å². The minimum absolute atomic E-state index is 0.0155. The third-order valence-electron chi connectivity index (χ3n) is 3.43. The molecule has 0 saturated heterocycles. The number of fused-ring (bicyclic) bond motifs is 1. The lowest BCUT2D eigenvalue weighted by Gasteiger charge is -2.13. The second-order valence-electron chi connectivity index (χ2n) is 4.90. The third-order valence-corrected chi connectivity index (χ3v) is 3.43. The van der Waals surface area contributed by atoms with Gasteiger partial charge in [-0.1, -0.05) is 42.0 Å². The van der Waals surface area contributed by atoms with Crippen LogP contribution < -0.4 is 5.73 Å². The summed E-state index contributed by atoms with van der Waals surface area (Å²) in [6.45, 7) is 2.82. The lowest BCUT2D eigenvalue weighted by Crippen LogP contribution is -2.17. The van der Waals surface area contributed by atoms with E-state index in [1.54, 1.807) is 0 Å². The van der Waals surface area contributed by atoms with Crippen LogP contribution >= 0.6 is 0 Å². The highest BCUT2D eigenvalue weighted by Crippen LogP contribution is 2.17. The van der Waals surface area contributed by atoms with Crippen molar-refractivity contribution in [3.8, 4) is 0 Å².